The molecule has 6 heteroatoms. The van der Waals surface area contributed by atoms with Crippen molar-refractivity contribution in [3.05, 3.63) is 29.3 Å². The van der Waals surface area contributed by atoms with E-state index >= 15 is 0 Å². The van der Waals surface area contributed by atoms with E-state index in [-0.39, 0.29) is 15.8 Å². The van der Waals surface area contributed by atoms with Gasteiger partial charge in [-0.3, -0.25) is 9.79 Å². The van der Waals surface area contributed by atoms with Crippen LogP contribution in [0.5, 0.6) is 0 Å². The highest BCUT2D eigenvalue weighted by atomic mass is 32.2. The molecule has 4 aliphatic carbocycles. The highest BCUT2D eigenvalue weighted by molar-refractivity contribution is 7.89. The fraction of sp³-hybridized carbons (Fsp3) is 0.704. The van der Waals surface area contributed by atoms with Gasteiger partial charge in [-0.2, -0.15) is 0 Å². The lowest BCUT2D eigenvalue weighted by Crippen LogP contribution is -2.50. The lowest BCUT2D eigenvalue weighted by Gasteiger charge is -2.56. The van der Waals surface area contributed by atoms with E-state index in [2.05, 4.69) is 18.6 Å². The quantitative estimate of drug-likeness (QED) is 0.653. The largest absolute Gasteiger partial charge is 0.299 e. The van der Waals surface area contributed by atoms with Gasteiger partial charge >= 0.3 is 0 Å². The van der Waals surface area contributed by atoms with Crippen molar-refractivity contribution < 1.29 is 13.2 Å². The van der Waals surface area contributed by atoms with E-state index in [1.807, 2.05) is 26.8 Å². The topological polar surface area (TPSA) is 75.6 Å². The first-order valence-corrected chi connectivity index (χ1v) is 14.0. The van der Waals surface area contributed by atoms with E-state index in [1.165, 1.54) is 19.3 Å². The fourth-order valence-corrected chi connectivity index (χ4v) is 8.91. The molecule has 0 saturated heterocycles. The van der Waals surface area contributed by atoms with E-state index in [9.17, 15) is 13.2 Å². The number of rotatable bonds is 5. The molecule has 0 spiro atoms. The molecule has 1 heterocycles. The van der Waals surface area contributed by atoms with Gasteiger partial charge in [0, 0.05) is 22.9 Å². The molecule has 4 saturated carbocycles. The summed E-state index contributed by atoms with van der Waals surface area (Å²) < 4.78 is 28.7. The highest BCUT2D eigenvalue weighted by Crippen LogP contribution is 2.60. The van der Waals surface area contributed by atoms with Gasteiger partial charge in [0.2, 0.25) is 10.0 Å². The van der Waals surface area contributed by atoms with Crippen LogP contribution in [0.15, 0.2) is 28.1 Å². The maximum Gasteiger partial charge on any atom is 0.241 e. The number of carbonyl (C=O) groups is 1. The van der Waals surface area contributed by atoms with Gasteiger partial charge in [-0.1, -0.05) is 6.07 Å². The van der Waals surface area contributed by atoms with Crippen molar-refractivity contribution in [1.82, 2.24) is 4.72 Å². The molecule has 5 aliphatic rings. The minimum atomic E-state index is -3.66. The maximum atomic E-state index is 13.8. The molecule has 1 aromatic carbocycles. The second-order valence-corrected chi connectivity index (χ2v) is 14.7. The average Bonchev–Trinajstić information content (AvgIpc) is 2.63. The summed E-state index contributed by atoms with van der Waals surface area (Å²) >= 11 is 0. The zero-order valence-electron chi connectivity index (χ0n) is 20.7. The molecule has 5 nitrogen and oxygen atoms in total. The van der Waals surface area contributed by atoms with Crippen LogP contribution in [0.4, 0.5) is 0 Å². The maximum absolute atomic E-state index is 13.8. The van der Waals surface area contributed by atoms with E-state index in [4.69, 9.17) is 4.99 Å². The first-order valence-electron chi connectivity index (χ1n) is 12.5. The monoisotopic (exact) mass is 470 g/mol. The molecule has 33 heavy (non-hydrogen) atoms. The standard InChI is InChI=1S/C27H38N2O3S/c1-25(2,3)29-33(31,32)21-7-6-20-16-26(4,5)28-23(22(20)11-21)12-24(30)27-13-17-8-18(14-27)10-19(9-17)15-27/h6-7,11,17-19,29H,8-10,12-16H2,1-5H3. The van der Waals surface area contributed by atoms with Crippen LogP contribution >= 0.6 is 0 Å². The summed E-state index contributed by atoms with van der Waals surface area (Å²) in [6.45, 7) is 9.70. The number of nitrogens with one attached hydrogen (secondary N) is 1. The minimum absolute atomic E-state index is 0.170. The third-order valence-electron chi connectivity index (χ3n) is 8.16. The SMILES string of the molecule is CC1(C)Cc2ccc(S(=O)(=O)NC(C)(C)C)cc2C(CC(=O)C23CC4CC(CC(C4)C2)C3)=N1. The van der Waals surface area contributed by atoms with Crippen molar-refractivity contribution in [2.75, 3.05) is 0 Å². The molecular weight excluding hydrogens is 432 g/mol. The number of hydrogen-bond donors (Lipinski definition) is 1. The minimum Gasteiger partial charge on any atom is -0.299 e. The number of carbonyl (C=O) groups excluding carboxylic acids is 1. The Morgan fingerprint density at radius 1 is 1.06 bits per heavy atom. The van der Waals surface area contributed by atoms with Crippen LogP contribution < -0.4 is 4.72 Å². The van der Waals surface area contributed by atoms with Crippen LogP contribution in [0, 0.1) is 23.2 Å². The second-order valence-electron chi connectivity index (χ2n) is 13.0. The first kappa shape index (κ1) is 23.2. The van der Waals surface area contributed by atoms with Crippen molar-refractivity contribution in [1.29, 1.82) is 0 Å². The predicted molar refractivity (Wildman–Crippen MR) is 131 cm³/mol. The van der Waals surface area contributed by atoms with Crippen LogP contribution in [0.1, 0.15) is 90.7 Å². The van der Waals surface area contributed by atoms with Crippen molar-refractivity contribution in [3.8, 4) is 0 Å². The van der Waals surface area contributed by atoms with Crippen molar-refractivity contribution >= 4 is 21.5 Å². The van der Waals surface area contributed by atoms with Crippen LogP contribution in [0.2, 0.25) is 0 Å². The molecular formula is C27H38N2O3S. The second kappa shape index (κ2) is 7.48. The fourth-order valence-electron chi connectivity index (χ4n) is 7.47. The van der Waals surface area contributed by atoms with Crippen LogP contribution in [-0.4, -0.2) is 31.0 Å². The van der Waals surface area contributed by atoms with E-state index in [1.54, 1.807) is 12.1 Å². The molecule has 0 aromatic heterocycles. The number of benzene rings is 1. The van der Waals surface area contributed by atoms with Crippen LogP contribution in [0.25, 0.3) is 0 Å². The van der Waals surface area contributed by atoms with Crippen LogP contribution in [-0.2, 0) is 21.2 Å². The summed E-state index contributed by atoms with van der Waals surface area (Å²) in [7, 11) is -3.66. The molecule has 4 bridgehead atoms. The Balaban J connectivity index is 1.47. The van der Waals surface area contributed by atoms with Gasteiger partial charge in [0.1, 0.15) is 5.78 Å². The average molecular weight is 471 g/mol. The highest BCUT2D eigenvalue weighted by Gasteiger charge is 2.54. The molecule has 1 N–H and O–H groups in total. The predicted octanol–water partition coefficient (Wildman–Crippen LogP) is 5.06. The molecule has 4 fully saturated rings. The summed E-state index contributed by atoms with van der Waals surface area (Å²) in [5.41, 5.74) is 1.66. The lowest BCUT2D eigenvalue weighted by atomic mass is 9.48. The zero-order chi connectivity index (χ0) is 23.8. The Bertz CT molecular complexity index is 1090. The lowest BCUT2D eigenvalue weighted by molar-refractivity contribution is -0.142. The molecule has 0 unspecified atom stereocenters. The number of fused-ring (bicyclic) bond motifs is 1. The number of hydrogen-bond acceptors (Lipinski definition) is 4. The van der Waals surface area contributed by atoms with Gasteiger partial charge in [0.25, 0.3) is 0 Å². The smallest absolute Gasteiger partial charge is 0.241 e. The Kier molecular flexibility index (Phi) is 5.27. The first-order chi connectivity index (χ1) is 15.2. The molecule has 0 amide bonds. The van der Waals surface area contributed by atoms with Gasteiger partial charge in [0.05, 0.1) is 16.1 Å². The molecule has 180 valence electrons. The molecule has 0 radical (unpaired) electrons. The third-order valence-corrected chi connectivity index (χ3v) is 9.92. The Morgan fingerprint density at radius 2 is 1.64 bits per heavy atom. The third kappa shape index (κ3) is 4.45. The molecule has 1 aromatic rings. The van der Waals surface area contributed by atoms with E-state index in [0.29, 0.717) is 12.2 Å². The summed E-state index contributed by atoms with van der Waals surface area (Å²) in [4.78, 5) is 19.1. The zero-order valence-corrected chi connectivity index (χ0v) is 21.5. The van der Waals surface area contributed by atoms with Gasteiger partial charge in [-0.25, -0.2) is 13.1 Å². The number of aliphatic imine (C=N–C) groups is 1. The van der Waals surface area contributed by atoms with Gasteiger partial charge < -0.3 is 0 Å². The summed E-state index contributed by atoms with van der Waals surface area (Å²) in [6, 6.07) is 5.34. The number of ketones is 1. The van der Waals surface area contributed by atoms with Gasteiger partial charge in [-0.05, 0) is 115 Å². The Morgan fingerprint density at radius 3 is 2.18 bits per heavy atom. The summed E-state index contributed by atoms with van der Waals surface area (Å²) in [6.07, 6.45) is 8.13. The normalized spacial score (nSPS) is 32.4. The molecule has 6 rings (SSSR count). The number of Topliss-reactive ketones (excluding diaryl/α,β-unsaturated/α-hetero) is 1. The molecule has 1 aliphatic heterocycles. The van der Waals surface area contributed by atoms with Gasteiger partial charge in [-0.15, -0.1) is 0 Å². The van der Waals surface area contributed by atoms with Crippen molar-refractivity contribution in [2.24, 2.45) is 28.2 Å². The summed E-state index contributed by atoms with van der Waals surface area (Å²) in [5.74, 6) is 2.50. The van der Waals surface area contributed by atoms with E-state index in [0.717, 1.165) is 60.3 Å². The van der Waals surface area contributed by atoms with Crippen LogP contribution in [0.3, 0.4) is 0 Å². The van der Waals surface area contributed by atoms with Gasteiger partial charge in [0.15, 0.2) is 0 Å². The van der Waals surface area contributed by atoms with Crippen molar-refractivity contribution in [3.63, 3.8) is 0 Å². The number of sulfonamides is 1. The van der Waals surface area contributed by atoms with E-state index < -0.39 is 15.6 Å². The Hall–Kier alpha value is -1.53. The number of nitrogens with zero attached hydrogens (tertiary/aromatic N) is 1. The molecule has 0 atom stereocenters. The summed E-state index contributed by atoms with van der Waals surface area (Å²) in [5, 5.41) is 0. The van der Waals surface area contributed by atoms with Crippen molar-refractivity contribution in [2.45, 2.75) is 102 Å². The Labute approximate surface area is 198 Å².